The third-order valence-corrected chi connectivity index (χ3v) is 6.63. The summed E-state index contributed by atoms with van der Waals surface area (Å²) in [6.45, 7) is 12.4. The maximum absolute atomic E-state index is 13.5. The second-order valence-corrected chi connectivity index (χ2v) is 11.1. The lowest BCUT2D eigenvalue weighted by Gasteiger charge is -2.39. The van der Waals surface area contributed by atoms with Crippen LogP contribution in [0.4, 0.5) is 4.79 Å². The van der Waals surface area contributed by atoms with Gasteiger partial charge in [-0.05, 0) is 60.3 Å². The highest BCUT2D eigenvalue weighted by Gasteiger charge is 2.50. The van der Waals surface area contributed by atoms with Crippen molar-refractivity contribution < 1.29 is 53.1 Å². The molecule has 228 valence electrons. The molecule has 3 unspecified atom stereocenters. The normalized spacial score (nSPS) is 15.4. The van der Waals surface area contributed by atoms with Crippen molar-refractivity contribution in [1.29, 1.82) is 0 Å². The Balaban J connectivity index is 5.72. The quantitative estimate of drug-likeness (QED) is 0.115. The standard InChI is InChI=1S/C28H50O11/c1-8-11-12-13-14-36-24(32)28(7,19-26(4,5)22(30)37-16-15-35-10-3)20-27(6,9-2)23(31)38-17-21(29)18-39-25(33)34/h21,29H,8-20H2,1-7H3,(H,33,34). The third kappa shape index (κ3) is 14.0. The van der Waals surface area contributed by atoms with Crippen molar-refractivity contribution in [3.05, 3.63) is 0 Å². The zero-order chi connectivity index (χ0) is 30.1. The van der Waals surface area contributed by atoms with Gasteiger partial charge >= 0.3 is 24.1 Å². The van der Waals surface area contributed by atoms with E-state index in [0.717, 1.165) is 19.3 Å². The minimum Gasteiger partial charge on any atom is -0.465 e. The van der Waals surface area contributed by atoms with Crippen molar-refractivity contribution in [2.24, 2.45) is 16.2 Å². The molecule has 0 amide bonds. The maximum atomic E-state index is 13.5. The molecule has 11 nitrogen and oxygen atoms in total. The number of rotatable bonds is 21. The van der Waals surface area contributed by atoms with Crippen LogP contribution in [0.25, 0.3) is 0 Å². The summed E-state index contributed by atoms with van der Waals surface area (Å²) >= 11 is 0. The van der Waals surface area contributed by atoms with Gasteiger partial charge in [0.05, 0.1) is 29.5 Å². The van der Waals surface area contributed by atoms with E-state index in [2.05, 4.69) is 11.7 Å². The number of aliphatic hydroxyl groups excluding tert-OH is 1. The van der Waals surface area contributed by atoms with Crippen LogP contribution >= 0.6 is 0 Å². The minimum absolute atomic E-state index is 0.0144. The summed E-state index contributed by atoms with van der Waals surface area (Å²) in [4.78, 5) is 50.0. The second-order valence-electron chi connectivity index (χ2n) is 11.1. The van der Waals surface area contributed by atoms with Crippen LogP contribution in [0.15, 0.2) is 0 Å². The van der Waals surface area contributed by atoms with Gasteiger partial charge in [-0.1, -0.05) is 33.1 Å². The lowest BCUT2D eigenvalue weighted by molar-refractivity contribution is -0.170. The number of hydrogen-bond acceptors (Lipinski definition) is 10. The molecule has 0 aliphatic rings. The summed E-state index contributed by atoms with van der Waals surface area (Å²) in [5.41, 5.74) is -3.49. The van der Waals surface area contributed by atoms with E-state index in [0.29, 0.717) is 19.4 Å². The minimum atomic E-state index is -1.55. The Morgan fingerprint density at radius 1 is 0.692 bits per heavy atom. The summed E-state index contributed by atoms with van der Waals surface area (Å²) in [5.74, 6) is -1.68. The number of unbranched alkanes of at least 4 members (excludes halogenated alkanes) is 3. The van der Waals surface area contributed by atoms with Crippen molar-refractivity contribution in [1.82, 2.24) is 0 Å². The van der Waals surface area contributed by atoms with Gasteiger partial charge < -0.3 is 33.9 Å². The number of carboxylic acid groups (broad SMARTS) is 1. The molecular weight excluding hydrogens is 512 g/mol. The van der Waals surface area contributed by atoms with Gasteiger partial charge in [0.15, 0.2) is 0 Å². The van der Waals surface area contributed by atoms with E-state index in [-0.39, 0.29) is 32.7 Å². The smallest absolute Gasteiger partial charge is 0.465 e. The second kappa shape index (κ2) is 18.0. The van der Waals surface area contributed by atoms with E-state index in [1.54, 1.807) is 34.6 Å². The molecule has 0 aromatic heterocycles. The number of aliphatic hydroxyl groups is 1. The summed E-state index contributed by atoms with van der Waals surface area (Å²) < 4.78 is 25.8. The van der Waals surface area contributed by atoms with Crippen LogP contribution in [-0.2, 0) is 38.1 Å². The molecule has 39 heavy (non-hydrogen) atoms. The van der Waals surface area contributed by atoms with Gasteiger partial charge in [-0.3, -0.25) is 14.4 Å². The van der Waals surface area contributed by atoms with E-state index < -0.39 is 59.6 Å². The van der Waals surface area contributed by atoms with Gasteiger partial charge in [-0.2, -0.15) is 0 Å². The third-order valence-electron chi connectivity index (χ3n) is 6.63. The van der Waals surface area contributed by atoms with Gasteiger partial charge in [0.1, 0.15) is 25.9 Å². The summed E-state index contributed by atoms with van der Waals surface area (Å²) in [6.07, 6.45) is 1.18. The zero-order valence-corrected chi connectivity index (χ0v) is 24.8. The first-order valence-electron chi connectivity index (χ1n) is 13.8. The van der Waals surface area contributed by atoms with Crippen LogP contribution in [0, 0.1) is 16.2 Å². The maximum Gasteiger partial charge on any atom is 0.505 e. The predicted molar refractivity (Wildman–Crippen MR) is 143 cm³/mol. The molecule has 0 aromatic rings. The number of ether oxygens (including phenoxy) is 5. The Morgan fingerprint density at radius 3 is 1.85 bits per heavy atom. The van der Waals surface area contributed by atoms with Crippen LogP contribution in [0.3, 0.4) is 0 Å². The van der Waals surface area contributed by atoms with Gasteiger partial charge in [0.2, 0.25) is 0 Å². The first kappa shape index (κ1) is 36.6. The summed E-state index contributed by atoms with van der Waals surface area (Å²) in [6, 6.07) is 0. The fourth-order valence-electron chi connectivity index (χ4n) is 4.42. The van der Waals surface area contributed by atoms with E-state index in [1.165, 1.54) is 0 Å². The van der Waals surface area contributed by atoms with E-state index in [9.17, 15) is 24.3 Å². The Labute approximate surface area is 232 Å². The molecular formula is C28H50O11. The zero-order valence-electron chi connectivity index (χ0n) is 24.8. The lowest BCUT2D eigenvalue weighted by Crippen LogP contribution is -2.44. The van der Waals surface area contributed by atoms with Crippen molar-refractivity contribution in [3.63, 3.8) is 0 Å². The Morgan fingerprint density at radius 2 is 1.28 bits per heavy atom. The molecule has 0 aromatic carbocycles. The van der Waals surface area contributed by atoms with Crippen LogP contribution in [0.2, 0.25) is 0 Å². The van der Waals surface area contributed by atoms with E-state index in [1.807, 2.05) is 6.92 Å². The number of esters is 3. The highest BCUT2D eigenvalue weighted by molar-refractivity contribution is 5.82. The Bertz CT molecular complexity index is 767. The summed E-state index contributed by atoms with van der Waals surface area (Å²) in [5, 5.41) is 18.5. The topological polar surface area (TPSA) is 155 Å². The fraction of sp³-hybridized carbons (Fsp3) is 0.857. The van der Waals surface area contributed by atoms with Gasteiger partial charge in [0.25, 0.3) is 0 Å². The molecule has 0 heterocycles. The Kier molecular flexibility index (Phi) is 16.9. The summed E-state index contributed by atoms with van der Waals surface area (Å²) in [7, 11) is 0. The van der Waals surface area contributed by atoms with Gasteiger partial charge in [0, 0.05) is 6.61 Å². The molecule has 0 bridgehead atoms. The Hall–Kier alpha value is -2.40. The van der Waals surface area contributed by atoms with Crippen LogP contribution in [0.1, 0.15) is 93.4 Å². The van der Waals surface area contributed by atoms with Gasteiger partial charge in [-0.15, -0.1) is 0 Å². The predicted octanol–water partition coefficient (Wildman–Crippen LogP) is 4.52. The number of carbonyl (C=O) groups excluding carboxylic acids is 3. The molecule has 2 N–H and O–H groups in total. The fourth-order valence-corrected chi connectivity index (χ4v) is 4.42. The van der Waals surface area contributed by atoms with E-state index in [4.69, 9.17) is 24.1 Å². The number of carbonyl (C=O) groups is 4. The van der Waals surface area contributed by atoms with E-state index >= 15 is 0 Å². The molecule has 0 aliphatic carbocycles. The van der Waals surface area contributed by atoms with Crippen molar-refractivity contribution in [2.45, 2.75) is 99.5 Å². The molecule has 0 aliphatic heterocycles. The largest absolute Gasteiger partial charge is 0.505 e. The molecule has 3 atom stereocenters. The first-order chi connectivity index (χ1) is 18.2. The highest BCUT2D eigenvalue weighted by atomic mass is 16.7. The molecule has 11 heteroatoms. The molecule has 0 rings (SSSR count). The van der Waals surface area contributed by atoms with Crippen molar-refractivity contribution in [2.75, 3.05) is 39.6 Å². The molecule has 0 saturated heterocycles. The average molecular weight is 563 g/mol. The van der Waals surface area contributed by atoms with Crippen molar-refractivity contribution in [3.8, 4) is 0 Å². The average Bonchev–Trinajstić information content (AvgIpc) is 2.87. The van der Waals surface area contributed by atoms with Crippen molar-refractivity contribution >= 4 is 24.1 Å². The molecule has 0 radical (unpaired) electrons. The van der Waals surface area contributed by atoms with Crippen LogP contribution < -0.4 is 0 Å². The van der Waals surface area contributed by atoms with Crippen LogP contribution in [-0.4, -0.2) is 80.0 Å². The first-order valence-corrected chi connectivity index (χ1v) is 13.8. The number of hydrogen-bond donors (Lipinski definition) is 2. The lowest BCUT2D eigenvalue weighted by atomic mass is 9.65. The van der Waals surface area contributed by atoms with Gasteiger partial charge in [-0.25, -0.2) is 4.79 Å². The highest BCUT2D eigenvalue weighted by Crippen LogP contribution is 2.45. The molecule has 0 fully saturated rings. The molecule has 0 saturated carbocycles. The van der Waals surface area contributed by atoms with Crippen LogP contribution in [0.5, 0.6) is 0 Å². The SMILES string of the molecule is CCCCCCOC(=O)C(C)(CC(C)(C)C(=O)OCCOCC)CC(C)(CC)C(=O)OCC(O)COC(=O)O. The molecule has 0 spiro atoms. The monoisotopic (exact) mass is 562 g/mol.